The lowest BCUT2D eigenvalue weighted by molar-refractivity contribution is 0.0591. The number of carbonyl (C=O) groups excluding carboxylic acids is 2. The Bertz CT molecular complexity index is 987. The minimum atomic E-state index is -0.475. The maximum atomic E-state index is 13.0. The van der Waals surface area contributed by atoms with Gasteiger partial charge in [0.15, 0.2) is 5.69 Å². The van der Waals surface area contributed by atoms with E-state index in [9.17, 15) is 9.59 Å². The Balaban J connectivity index is 1.63. The number of nitrogens with one attached hydrogen (secondary N) is 1. The van der Waals surface area contributed by atoms with E-state index in [0.29, 0.717) is 30.7 Å². The summed E-state index contributed by atoms with van der Waals surface area (Å²) in [5.41, 5.74) is 3.17. The van der Waals surface area contributed by atoms with Gasteiger partial charge in [-0.05, 0) is 25.1 Å². The first-order valence-corrected chi connectivity index (χ1v) is 7.96. The van der Waals surface area contributed by atoms with Gasteiger partial charge in [0, 0.05) is 6.54 Å². The van der Waals surface area contributed by atoms with Crippen molar-refractivity contribution < 1.29 is 14.3 Å². The highest BCUT2D eigenvalue weighted by atomic mass is 16.5. The van der Waals surface area contributed by atoms with Crippen molar-refractivity contribution in [3.8, 4) is 0 Å². The molecule has 0 saturated carbocycles. The van der Waals surface area contributed by atoms with Crippen LogP contribution in [0, 0.1) is 6.92 Å². The molecule has 1 aliphatic heterocycles. The summed E-state index contributed by atoms with van der Waals surface area (Å²) in [6, 6.07) is 7.21. The van der Waals surface area contributed by atoms with E-state index < -0.39 is 5.97 Å². The number of carbonyl (C=O) groups is 2. The van der Waals surface area contributed by atoms with Crippen molar-refractivity contribution >= 4 is 22.9 Å². The summed E-state index contributed by atoms with van der Waals surface area (Å²) in [6.45, 7) is 3.31. The first kappa shape index (κ1) is 15.4. The number of hydrogen-bond donors (Lipinski definition) is 1. The van der Waals surface area contributed by atoms with E-state index in [2.05, 4.69) is 15.1 Å². The normalized spacial score (nSPS) is 13.8. The van der Waals surface area contributed by atoms with Crippen LogP contribution in [0.4, 0.5) is 0 Å². The van der Waals surface area contributed by atoms with Crippen molar-refractivity contribution in [2.24, 2.45) is 0 Å². The quantitative estimate of drug-likeness (QED) is 0.714. The van der Waals surface area contributed by atoms with Gasteiger partial charge in [-0.3, -0.25) is 9.48 Å². The molecule has 3 aromatic rings. The molecular weight excluding hydrogens is 322 g/mol. The van der Waals surface area contributed by atoms with Crippen molar-refractivity contribution in [3.05, 3.63) is 47.0 Å². The molecule has 0 fully saturated rings. The second-order valence-electron chi connectivity index (χ2n) is 5.99. The highest BCUT2D eigenvalue weighted by Gasteiger charge is 2.26. The molecule has 0 atom stereocenters. The Kier molecular flexibility index (Phi) is 3.52. The zero-order valence-electron chi connectivity index (χ0n) is 13.9. The summed E-state index contributed by atoms with van der Waals surface area (Å²) in [5, 5.41) is 4.23. The highest BCUT2D eigenvalue weighted by Crippen LogP contribution is 2.21. The monoisotopic (exact) mass is 339 g/mol. The molecule has 0 spiro atoms. The van der Waals surface area contributed by atoms with Gasteiger partial charge in [-0.15, -0.1) is 0 Å². The van der Waals surface area contributed by atoms with E-state index in [1.165, 1.54) is 7.11 Å². The van der Waals surface area contributed by atoms with Gasteiger partial charge in [-0.25, -0.2) is 9.78 Å². The smallest absolute Gasteiger partial charge is 0.358 e. The van der Waals surface area contributed by atoms with E-state index in [4.69, 9.17) is 4.74 Å². The Hall–Kier alpha value is -3.16. The average molecular weight is 339 g/mol. The van der Waals surface area contributed by atoms with Gasteiger partial charge in [0.1, 0.15) is 11.3 Å². The first-order valence-electron chi connectivity index (χ1n) is 7.96. The lowest BCUT2D eigenvalue weighted by atomic mass is 10.1. The molecular formula is C17H17N5O3. The van der Waals surface area contributed by atoms with Gasteiger partial charge < -0.3 is 14.6 Å². The number of esters is 1. The van der Waals surface area contributed by atoms with E-state index in [1.807, 2.05) is 19.1 Å². The summed E-state index contributed by atoms with van der Waals surface area (Å²) in [7, 11) is 1.32. The van der Waals surface area contributed by atoms with E-state index in [0.717, 1.165) is 17.0 Å². The molecule has 1 aliphatic rings. The third-order valence-corrected chi connectivity index (χ3v) is 4.34. The molecule has 4 rings (SSSR count). The molecule has 25 heavy (non-hydrogen) atoms. The number of hydrogen-bond acceptors (Lipinski definition) is 5. The molecule has 1 aromatic carbocycles. The molecule has 0 bridgehead atoms. The van der Waals surface area contributed by atoms with Gasteiger partial charge in [0.05, 0.1) is 37.0 Å². The maximum Gasteiger partial charge on any atom is 0.358 e. The number of fused-ring (bicyclic) bond motifs is 2. The molecule has 8 heteroatoms. The van der Waals surface area contributed by atoms with Gasteiger partial charge in [0.2, 0.25) is 0 Å². The van der Waals surface area contributed by atoms with Crippen molar-refractivity contribution in [1.82, 2.24) is 24.6 Å². The topological polar surface area (TPSA) is 93.1 Å². The van der Waals surface area contributed by atoms with Crippen molar-refractivity contribution in [1.29, 1.82) is 0 Å². The van der Waals surface area contributed by atoms with Crippen LogP contribution in [-0.2, 0) is 17.8 Å². The van der Waals surface area contributed by atoms with Crippen LogP contribution in [0.15, 0.2) is 24.3 Å². The number of imidazole rings is 1. The van der Waals surface area contributed by atoms with E-state index in [-0.39, 0.29) is 11.6 Å². The number of aromatic amines is 1. The SMILES string of the molecule is COC(=O)c1cc2n(n1)CCN(C(=O)c1cccc3[nH]c(C)nc13)C2. The Morgan fingerprint density at radius 3 is 2.92 bits per heavy atom. The van der Waals surface area contributed by atoms with E-state index >= 15 is 0 Å². The minimum Gasteiger partial charge on any atom is -0.464 e. The van der Waals surface area contributed by atoms with Crippen LogP contribution >= 0.6 is 0 Å². The molecule has 0 aliphatic carbocycles. The first-order chi connectivity index (χ1) is 12.1. The third-order valence-electron chi connectivity index (χ3n) is 4.34. The van der Waals surface area contributed by atoms with Gasteiger partial charge in [-0.2, -0.15) is 5.10 Å². The fourth-order valence-electron chi connectivity index (χ4n) is 3.14. The Morgan fingerprint density at radius 2 is 2.12 bits per heavy atom. The minimum absolute atomic E-state index is 0.0795. The number of benzene rings is 1. The molecule has 0 saturated heterocycles. The Morgan fingerprint density at radius 1 is 1.28 bits per heavy atom. The number of H-pyrrole nitrogens is 1. The zero-order valence-corrected chi connectivity index (χ0v) is 13.9. The standard InChI is InChI=1S/C17H17N5O3/c1-10-18-13-5-3-4-12(15(13)19-10)16(23)21-6-7-22-11(9-21)8-14(20-22)17(24)25-2/h3-5,8H,6-7,9H2,1-2H3,(H,18,19). The van der Waals surface area contributed by atoms with Crippen LogP contribution in [0.2, 0.25) is 0 Å². The average Bonchev–Trinajstić information content (AvgIpc) is 3.21. The van der Waals surface area contributed by atoms with Crippen LogP contribution in [0.5, 0.6) is 0 Å². The van der Waals surface area contributed by atoms with Gasteiger partial charge in [-0.1, -0.05) is 6.07 Å². The molecule has 3 heterocycles. The lowest BCUT2D eigenvalue weighted by Gasteiger charge is -2.27. The molecule has 0 unspecified atom stereocenters. The molecule has 8 nitrogen and oxygen atoms in total. The van der Waals surface area contributed by atoms with Crippen LogP contribution < -0.4 is 0 Å². The van der Waals surface area contributed by atoms with Crippen LogP contribution in [0.1, 0.15) is 32.4 Å². The summed E-state index contributed by atoms with van der Waals surface area (Å²) in [5.74, 6) is 0.218. The zero-order chi connectivity index (χ0) is 17.6. The fraction of sp³-hybridized carbons (Fsp3) is 0.294. The summed E-state index contributed by atoms with van der Waals surface area (Å²) >= 11 is 0. The van der Waals surface area contributed by atoms with Crippen LogP contribution in [0.3, 0.4) is 0 Å². The predicted molar refractivity (Wildman–Crippen MR) is 89.1 cm³/mol. The van der Waals surface area contributed by atoms with Crippen LogP contribution in [0.25, 0.3) is 11.0 Å². The second-order valence-corrected chi connectivity index (χ2v) is 5.99. The molecule has 2 aromatic heterocycles. The van der Waals surface area contributed by atoms with E-state index in [1.54, 1.807) is 21.7 Å². The number of amides is 1. The maximum absolute atomic E-state index is 13.0. The summed E-state index contributed by atoms with van der Waals surface area (Å²) in [4.78, 5) is 33.9. The molecule has 1 N–H and O–H groups in total. The number of ether oxygens (including phenoxy) is 1. The number of nitrogens with zero attached hydrogens (tertiary/aromatic N) is 4. The summed E-state index contributed by atoms with van der Waals surface area (Å²) < 4.78 is 6.45. The predicted octanol–water partition coefficient (Wildman–Crippen LogP) is 1.51. The van der Waals surface area contributed by atoms with Crippen molar-refractivity contribution in [2.45, 2.75) is 20.0 Å². The Labute approximate surface area is 143 Å². The number of para-hydroxylation sites is 1. The summed E-state index contributed by atoms with van der Waals surface area (Å²) in [6.07, 6.45) is 0. The lowest BCUT2D eigenvalue weighted by Crippen LogP contribution is -2.38. The molecule has 128 valence electrons. The van der Waals surface area contributed by atoms with Gasteiger partial charge >= 0.3 is 5.97 Å². The molecule has 0 radical (unpaired) electrons. The number of aryl methyl sites for hydroxylation is 1. The number of aromatic nitrogens is 4. The second kappa shape index (κ2) is 5.73. The van der Waals surface area contributed by atoms with Crippen molar-refractivity contribution in [2.75, 3.05) is 13.7 Å². The van der Waals surface area contributed by atoms with Gasteiger partial charge in [0.25, 0.3) is 5.91 Å². The number of methoxy groups -OCH3 is 1. The highest BCUT2D eigenvalue weighted by molar-refractivity contribution is 6.04. The third kappa shape index (κ3) is 2.55. The van der Waals surface area contributed by atoms with Crippen LogP contribution in [-0.4, -0.2) is 50.2 Å². The molecule has 1 amide bonds. The largest absolute Gasteiger partial charge is 0.464 e. The fourth-order valence-corrected chi connectivity index (χ4v) is 3.14. The number of rotatable bonds is 2. The van der Waals surface area contributed by atoms with Crippen molar-refractivity contribution in [3.63, 3.8) is 0 Å².